The number of aromatic hydroxyl groups is 1. The zero-order chi connectivity index (χ0) is 28.3. The number of imidazole rings is 1. The first kappa shape index (κ1) is 27.2. The van der Waals surface area contributed by atoms with E-state index in [-0.39, 0.29) is 11.8 Å². The quantitative estimate of drug-likeness (QED) is 0.355. The van der Waals surface area contributed by atoms with Gasteiger partial charge in [-0.3, -0.25) is 9.30 Å². The van der Waals surface area contributed by atoms with Crippen molar-refractivity contribution in [2.24, 2.45) is 0 Å². The zero-order valence-electron chi connectivity index (χ0n) is 23.2. The van der Waals surface area contributed by atoms with E-state index in [9.17, 15) is 9.90 Å². The van der Waals surface area contributed by atoms with Crippen molar-refractivity contribution in [3.05, 3.63) is 83.7 Å². The number of allylic oxidation sites excluding steroid dienone is 1. The lowest BCUT2D eigenvalue weighted by molar-refractivity contribution is 0.0139. The molecule has 208 valence electrons. The Labute approximate surface area is 234 Å². The third-order valence-corrected chi connectivity index (χ3v) is 6.79. The van der Waals surface area contributed by atoms with Gasteiger partial charge in [-0.05, 0) is 50.5 Å². The van der Waals surface area contributed by atoms with Crippen LogP contribution in [0.2, 0.25) is 0 Å². The van der Waals surface area contributed by atoms with Crippen LogP contribution in [0, 0.1) is 0 Å². The maximum absolute atomic E-state index is 12.3. The van der Waals surface area contributed by atoms with Crippen molar-refractivity contribution in [3.8, 4) is 17.0 Å². The molecule has 2 aromatic carbocycles. The van der Waals surface area contributed by atoms with Crippen LogP contribution in [0.5, 0.6) is 5.75 Å². The number of fused-ring (bicyclic) bond motifs is 1. The largest absolute Gasteiger partial charge is 0.507 e. The summed E-state index contributed by atoms with van der Waals surface area (Å²) in [6.07, 6.45) is 8.31. The number of phenols is 1. The van der Waals surface area contributed by atoms with Crippen LogP contribution in [-0.4, -0.2) is 67.1 Å². The monoisotopic (exact) mass is 540 g/mol. The average Bonchev–Trinajstić information content (AvgIpc) is 3.32. The van der Waals surface area contributed by atoms with E-state index in [1.54, 1.807) is 17.0 Å². The molecule has 0 bridgehead atoms. The maximum Gasteiger partial charge on any atom is 0.410 e. The van der Waals surface area contributed by atoms with Crippen LogP contribution in [-0.2, 0) is 17.7 Å². The number of benzene rings is 2. The van der Waals surface area contributed by atoms with Crippen molar-refractivity contribution >= 4 is 23.8 Å². The number of amides is 1. The number of piperazine rings is 1. The Morgan fingerprint density at radius 1 is 1.00 bits per heavy atom. The van der Waals surface area contributed by atoms with Gasteiger partial charge in [-0.25, -0.2) is 9.78 Å². The van der Waals surface area contributed by atoms with Gasteiger partial charge in [0.05, 0.1) is 5.69 Å². The van der Waals surface area contributed by atoms with Crippen molar-refractivity contribution < 1.29 is 14.6 Å². The van der Waals surface area contributed by atoms with Gasteiger partial charge in [-0.2, -0.15) is 4.98 Å². The molecule has 1 saturated heterocycles. The van der Waals surface area contributed by atoms with Gasteiger partial charge in [0.1, 0.15) is 17.2 Å². The molecule has 4 aromatic rings. The lowest BCUT2D eigenvalue weighted by atomic mass is 10.1. The van der Waals surface area contributed by atoms with Gasteiger partial charge in [0.2, 0.25) is 5.78 Å². The number of anilines is 1. The summed E-state index contributed by atoms with van der Waals surface area (Å²) < 4.78 is 7.31. The van der Waals surface area contributed by atoms with Gasteiger partial charge < -0.3 is 20.5 Å². The predicted octanol–water partition coefficient (Wildman–Crippen LogP) is 4.99. The lowest BCUT2D eigenvalue weighted by Gasteiger charge is -2.35. The van der Waals surface area contributed by atoms with Crippen LogP contribution in [0.25, 0.3) is 23.1 Å². The van der Waals surface area contributed by atoms with Crippen molar-refractivity contribution in [2.45, 2.75) is 39.3 Å². The highest BCUT2D eigenvalue weighted by molar-refractivity contribution is 5.70. The first-order chi connectivity index (χ1) is 19.1. The molecule has 5 rings (SSSR count). The van der Waals surface area contributed by atoms with Crippen LogP contribution < -0.4 is 5.73 Å². The average molecular weight is 541 g/mol. The van der Waals surface area contributed by atoms with Crippen LogP contribution in [0.3, 0.4) is 0 Å². The fourth-order valence-electron chi connectivity index (χ4n) is 4.67. The Morgan fingerprint density at radius 3 is 2.40 bits per heavy atom. The number of hydrogen-bond donors (Lipinski definition) is 2. The Kier molecular flexibility index (Phi) is 7.75. The number of ether oxygens (including phenoxy) is 1. The van der Waals surface area contributed by atoms with E-state index < -0.39 is 5.60 Å². The molecule has 2 aromatic heterocycles. The number of nitrogens with two attached hydrogens (primary N) is 1. The number of phenolic OH excluding ortho intramolecular Hbond substituents is 1. The summed E-state index contributed by atoms with van der Waals surface area (Å²) >= 11 is 0. The van der Waals surface area contributed by atoms with Gasteiger partial charge in [0.15, 0.2) is 0 Å². The fraction of sp³-hybridized carbons (Fsp3) is 0.323. The third kappa shape index (κ3) is 6.60. The fourth-order valence-corrected chi connectivity index (χ4v) is 4.67. The second-order valence-corrected chi connectivity index (χ2v) is 11.1. The van der Waals surface area contributed by atoms with Gasteiger partial charge in [0, 0.05) is 56.2 Å². The molecule has 1 aliphatic rings. The first-order valence-electron chi connectivity index (χ1n) is 13.5. The lowest BCUT2D eigenvalue weighted by Crippen LogP contribution is -2.49. The Morgan fingerprint density at radius 2 is 1.70 bits per heavy atom. The molecule has 1 aliphatic heterocycles. The SMILES string of the molecule is CC(C)(C)OC(=O)N1CCN(Cc2ccc(CC=Cc3cn4cc(-c5ccccc5O)nc4nc3N)cc2)CC1. The second kappa shape index (κ2) is 11.4. The van der Waals surface area contributed by atoms with Gasteiger partial charge in [0.25, 0.3) is 0 Å². The van der Waals surface area contributed by atoms with Crippen molar-refractivity contribution in [1.29, 1.82) is 0 Å². The summed E-state index contributed by atoms with van der Waals surface area (Å²) in [6.45, 7) is 9.54. The van der Waals surface area contributed by atoms with Crippen molar-refractivity contribution in [1.82, 2.24) is 24.2 Å². The molecular formula is C31H36N6O3. The first-order valence-corrected chi connectivity index (χ1v) is 13.5. The molecule has 1 amide bonds. The van der Waals surface area contributed by atoms with E-state index in [0.29, 0.717) is 35.9 Å². The van der Waals surface area contributed by atoms with E-state index in [1.807, 2.05) is 55.8 Å². The zero-order valence-corrected chi connectivity index (χ0v) is 23.2. The standard InChI is InChI=1S/C31H36N6O3/c1-31(2,3)40-30(39)36-17-15-35(16-18-36)19-23-13-11-22(12-14-23)7-6-8-24-20-37-21-26(33-29(37)34-28(24)32)25-9-4-5-10-27(25)38/h4-6,8-14,20-21,38H,7,15-19H2,1-3H3,(H2,32,33,34). The Balaban J connectivity index is 1.15. The normalized spacial score (nSPS) is 14.7. The molecule has 0 spiro atoms. The van der Waals surface area contributed by atoms with E-state index in [2.05, 4.69) is 45.2 Å². The Hall–Kier alpha value is -4.37. The van der Waals surface area contributed by atoms with E-state index in [0.717, 1.165) is 31.6 Å². The van der Waals surface area contributed by atoms with Crippen molar-refractivity contribution in [2.75, 3.05) is 31.9 Å². The van der Waals surface area contributed by atoms with Gasteiger partial charge in [-0.15, -0.1) is 0 Å². The van der Waals surface area contributed by atoms with E-state index in [4.69, 9.17) is 10.5 Å². The minimum Gasteiger partial charge on any atom is -0.507 e. The van der Waals surface area contributed by atoms with Crippen LogP contribution in [0.4, 0.5) is 10.6 Å². The molecule has 1 fully saturated rings. The topological polar surface area (TPSA) is 109 Å². The number of aromatic nitrogens is 3. The minimum absolute atomic E-state index is 0.172. The number of rotatable bonds is 6. The molecule has 9 nitrogen and oxygen atoms in total. The molecule has 3 N–H and O–H groups in total. The molecule has 0 aliphatic carbocycles. The van der Waals surface area contributed by atoms with Crippen LogP contribution in [0.15, 0.2) is 67.0 Å². The number of nitrogen functional groups attached to an aromatic ring is 1. The van der Waals surface area contributed by atoms with Crippen LogP contribution in [0.1, 0.15) is 37.5 Å². The molecule has 0 saturated carbocycles. The summed E-state index contributed by atoms with van der Waals surface area (Å²) in [6, 6.07) is 15.7. The second-order valence-electron chi connectivity index (χ2n) is 11.1. The van der Waals surface area contributed by atoms with Gasteiger partial charge >= 0.3 is 6.09 Å². The molecule has 0 unspecified atom stereocenters. The summed E-state index contributed by atoms with van der Waals surface area (Å²) in [7, 11) is 0. The third-order valence-electron chi connectivity index (χ3n) is 6.79. The number of carbonyl (C=O) groups excluding carboxylic acids is 1. The number of para-hydroxylation sites is 1. The van der Waals surface area contributed by atoms with Crippen LogP contribution >= 0.6 is 0 Å². The number of carbonyl (C=O) groups is 1. The molecule has 9 heteroatoms. The minimum atomic E-state index is -0.472. The summed E-state index contributed by atoms with van der Waals surface area (Å²) in [5.74, 6) is 1.06. The summed E-state index contributed by atoms with van der Waals surface area (Å²) in [5.41, 5.74) is 10.3. The Bertz CT molecular complexity index is 1510. The molecule has 0 atom stereocenters. The molecule has 40 heavy (non-hydrogen) atoms. The number of hydrogen-bond acceptors (Lipinski definition) is 7. The highest BCUT2D eigenvalue weighted by Gasteiger charge is 2.25. The highest BCUT2D eigenvalue weighted by Crippen LogP contribution is 2.28. The molecule has 0 radical (unpaired) electrons. The molecular weight excluding hydrogens is 504 g/mol. The molecule has 3 heterocycles. The van der Waals surface area contributed by atoms with E-state index in [1.165, 1.54) is 11.1 Å². The highest BCUT2D eigenvalue weighted by atomic mass is 16.6. The summed E-state index contributed by atoms with van der Waals surface area (Å²) in [4.78, 5) is 25.4. The van der Waals surface area contributed by atoms with Gasteiger partial charge in [-0.1, -0.05) is 48.6 Å². The smallest absolute Gasteiger partial charge is 0.410 e. The maximum atomic E-state index is 12.3. The van der Waals surface area contributed by atoms with Crippen molar-refractivity contribution in [3.63, 3.8) is 0 Å². The predicted molar refractivity (Wildman–Crippen MR) is 157 cm³/mol. The van der Waals surface area contributed by atoms with E-state index >= 15 is 0 Å². The number of nitrogens with zero attached hydrogens (tertiary/aromatic N) is 5. The summed E-state index contributed by atoms with van der Waals surface area (Å²) in [5, 5.41) is 10.2.